The Balaban J connectivity index is 2.60. The summed E-state index contributed by atoms with van der Waals surface area (Å²) in [5, 5.41) is 2.79. The van der Waals surface area contributed by atoms with Gasteiger partial charge in [0.2, 0.25) is 0 Å². The van der Waals surface area contributed by atoms with E-state index in [2.05, 4.69) is 10.3 Å². The maximum Gasteiger partial charge on any atom is 0.408 e. The lowest BCUT2D eigenvalue weighted by molar-refractivity contribution is 0.0506. The minimum Gasteiger partial charge on any atom is -0.444 e. The molecule has 0 spiro atoms. The molecule has 1 N–H and O–H groups in total. The van der Waals surface area contributed by atoms with E-state index < -0.39 is 11.7 Å². The molecule has 0 fully saturated rings. The molecular weight excluding hydrogens is 246 g/mol. The van der Waals surface area contributed by atoms with Crippen molar-refractivity contribution in [2.45, 2.75) is 45.9 Å². The van der Waals surface area contributed by atoms with Crippen LogP contribution in [0.5, 0.6) is 0 Å². The number of carbonyl (C=O) groups is 1. The van der Waals surface area contributed by atoms with E-state index in [9.17, 15) is 4.79 Å². The van der Waals surface area contributed by atoms with Gasteiger partial charge in [-0.2, -0.15) is 0 Å². The number of hydrogen-bond acceptors (Lipinski definition) is 4. The minimum atomic E-state index is -0.500. The second kappa shape index (κ2) is 6.56. The summed E-state index contributed by atoms with van der Waals surface area (Å²) in [6.45, 7) is 8.69. The van der Waals surface area contributed by atoms with Crippen molar-refractivity contribution in [3.63, 3.8) is 0 Å². The molecule has 1 heterocycles. The van der Waals surface area contributed by atoms with Crippen LogP contribution >= 0.6 is 0 Å². The number of hydrogen-bond donors (Lipinski definition) is 1. The molecule has 1 atom stereocenters. The summed E-state index contributed by atoms with van der Waals surface area (Å²) in [7, 11) is 1.65. The Morgan fingerprint density at radius 1 is 1.53 bits per heavy atom. The van der Waals surface area contributed by atoms with Crippen molar-refractivity contribution in [1.82, 2.24) is 14.9 Å². The van der Waals surface area contributed by atoms with E-state index in [1.165, 1.54) is 0 Å². The molecule has 0 aliphatic heterocycles. The van der Waals surface area contributed by atoms with Gasteiger partial charge in [0.15, 0.2) is 0 Å². The van der Waals surface area contributed by atoms with E-state index in [4.69, 9.17) is 9.47 Å². The van der Waals surface area contributed by atoms with Gasteiger partial charge in [-0.3, -0.25) is 0 Å². The number of rotatable bonds is 5. The Kier molecular flexibility index (Phi) is 5.35. The molecule has 0 aliphatic rings. The first kappa shape index (κ1) is 15.5. The van der Waals surface area contributed by atoms with Crippen LogP contribution in [0.2, 0.25) is 0 Å². The van der Waals surface area contributed by atoms with Gasteiger partial charge in [-0.05, 0) is 27.7 Å². The summed E-state index contributed by atoms with van der Waals surface area (Å²) in [5.41, 5.74) is 0.419. The zero-order valence-corrected chi connectivity index (χ0v) is 12.3. The Morgan fingerprint density at radius 2 is 2.21 bits per heavy atom. The summed E-state index contributed by atoms with van der Waals surface area (Å²) in [4.78, 5) is 15.8. The van der Waals surface area contributed by atoms with Crippen molar-refractivity contribution in [3.8, 4) is 0 Å². The zero-order chi connectivity index (χ0) is 14.5. The highest BCUT2D eigenvalue weighted by Gasteiger charge is 2.19. The van der Waals surface area contributed by atoms with E-state index in [1.807, 2.05) is 32.3 Å². The summed E-state index contributed by atoms with van der Waals surface area (Å²) in [6, 6.07) is -0.172. The number of nitrogens with one attached hydrogen (secondary N) is 1. The summed E-state index contributed by atoms with van der Waals surface area (Å²) in [5.74, 6) is 0. The summed E-state index contributed by atoms with van der Waals surface area (Å²) < 4.78 is 12.2. The maximum absolute atomic E-state index is 11.7. The van der Waals surface area contributed by atoms with Crippen molar-refractivity contribution >= 4 is 6.09 Å². The average Bonchev–Trinajstić information content (AvgIpc) is 2.71. The molecule has 0 saturated heterocycles. The molecule has 6 nitrogen and oxygen atoms in total. The predicted molar refractivity (Wildman–Crippen MR) is 71.9 cm³/mol. The number of alkyl carbamates (subject to hydrolysis) is 1. The number of carbonyl (C=O) groups excluding carboxylic acids is 1. The number of aromatic nitrogens is 2. The first-order valence-corrected chi connectivity index (χ1v) is 6.32. The molecule has 108 valence electrons. The fourth-order valence-electron chi connectivity index (χ4n) is 1.63. The van der Waals surface area contributed by atoms with Crippen LogP contribution in [0.15, 0.2) is 12.5 Å². The lowest BCUT2D eigenvalue weighted by atomic mass is 10.2. The third-order valence-corrected chi connectivity index (χ3v) is 2.46. The second-order valence-corrected chi connectivity index (χ2v) is 5.37. The standard InChI is InChI=1S/C13H23N3O3/c1-10(15-12(17)19-13(2,3)4)11-8-14-9-16(11)6-7-18-5/h8-10H,6-7H2,1-5H3,(H,15,17)/t10-/m0/s1. The second-order valence-electron chi connectivity index (χ2n) is 5.37. The highest BCUT2D eigenvalue weighted by Crippen LogP contribution is 2.13. The number of methoxy groups -OCH3 is 1. The van der Waals surface area contributed by atoms with Crippen molar-refractivity contribution in [3.05, 3.63) is 18.2 Å². The number of nitrogens with zero attached hydrogens (tertiary/aromatic N) is 2. The molecular formula is C13H23N3O3. The molecule has 1 rings (SSSR count). The monoisotopic (exact) mass is 269 g/mol. The van der Waals surface area contributed by atoms with Gasteiger partial charge in [-0.1, -0.05) is 0 Å². The van der Waals surface area contributed by atoms with E-state index >= 15 is 0 Å². The van der Waals surface area contributed by atoms with Crippen molar-refractivity contribution in [2.75, 3.05) is 13.7 Å². The zero-order valence-electron chi connectivity index (χ0n) is 12.3. The van der Waals surface area contributed by atoms with Gasteiger partial charge in [-0.25, -0.2) is 9.78 Å². The Bertz CT molecular complexity index is 410. The number of ether oxygens (including phenoxy) is 2. The third-order valence-electron chi connectivity index (χ3n) is 2.46. The Morgan fingerprint density at radius 3 is 2.79 bits per heavy atom. The van der Waals surface area contributed by atoms with Gasteiger partial charge in [0.05, 0.1) is 30.9 Å². The molecule has 0 bridgehead atoms. The normalized spacial score (nSPS) is 13.1. The first-order chi connectivity index (χ1) is 8.83. The van der Waals surface area contributed by atoms with Crippen molar-refractivity contribution in [2.24, 2.45) is 0 Å². The highest BCUT2D eigenvalue weighted by atomic mass is 16.6. The molecule has 1 amide bonds. The first-order valence-electron chi connectivity index (χ1n) is 6.32. The summed E-state index contributed by atoms with van der Waals surface area (Å²) >= 11 is 0. The van der Waals surface area contributed by atoms with Crippen LogP contribution in [0.4, 0.5) is 4.79 Å². The smallest absolute Gasteiger partial charge is 0.408 e. The fourth-order valence-corrected chi connectivity index (χ4v) is 1.63. The molecule has 0 radical (unpaired) electrons. The van der Waals surface area contributed by atoms with Crippen LogP contribution in [-0.4, -0.2) is 35.0 Å². The van der Waals surface area contributed by atoms with Crippen LogP contribution < -0.4 is 5.32 Å². The van der Waals surface area contributed by atoms with E-state index in [-0.39, 0.29) is 6.04 Å². The molecule has 1 aromatic rings. The van der Waals surface area contributed by atoms with Gasteiger partial charge in [0.25, 0.3) is 0 Å². The van der Waals surface area contributed by atoms with Gasteiger partial charge in [0.1, 0.15) is 5.60 Å². The molecule has 6 heteroatoms. The predicted octanol–water partition coefficient (Wildman–Crippen LogP) is 2.12. The van der Waals surface area contributed by atoms with E-state index in [0.717, 1.165) is 5.69 Å². The third kappa shape index (κ3) is 5.30. The van der Waals surface area contributed by atoms with Crippen LogP contribution in [0, 0.1) is 0 Å². The van der Waals surface area contributed by atoms with Crippen molar-refractivity contribution in [1.29, 1.82) is 0 Å². The molecule has 0 aliphatic carbocycles. The van der Waals surface area contributed by atoms with Crippen LogP contribution in [-0.2, 0) is 16.0 Å². The van der Waals surface area contributed by atoms with Gasteiger partial charge < -0.3 is 19.4 Å². The molecule has 1 aromatic heterocycles. The van der Waals surface area contributed by atoms with Gasteiger partial charge in [0, 0.05) is 13.7 Å². The van der Waals surface area contributed by atoms with Crippen LogP contribution in [0.1, 0.15) is 39.4 Å². The average molecular weight is 269 g/mol. The molecule has 0 aromatic carbocycles. The molecule has 0 saturated carbocycles. The summed E-state index contributed by atoms with van der Waals surface area (Å²) in [6.07, 6.45) is 3.03. The maximum atomic E-state index is 11.7. The fraction of sp³-hybridized carbons (Fsp3) is 0.692. The lowest BCUT2D eigenvalue weighted by Crippen LogP contribution is -2.34. The van der Waals surface area contributed by atoms with Crippen molar-refractivity contribution < 1.29 is 14.3 Å². The number of amides is 1. The topological polar surface area (TPSA) is 65.4 Å². The SMILES string of the molecule is COCCn1cncc1[C@H](C)NC(=O)OC(C)(C)C. The largest absolute Gasteiger partial charge is 0.444 e. The minimum absolute atomic E-state index is 0.172. The highest BCUT2D eigenvalue weighted by molar-refractivity contribution is 5.68. The van der Waals surface area contributed by atoms with Gasteiger partial charge >= 0.3 is 6.09 Å². The number of imidazole rings is 1. The Hall–Kier alpha value is -1.56. The quantitative estimate of drug-likeness (QED) is 0.889. The van der Waals surface area contributed by atoms with E-state index in [0.29, 0.717) is 13.2 Å². The van der Waals surface area contributed by atoms with Crippen LogP contribution in [0.25, 0.3) is 0 Å². The lowest BCUT2D eigenvalue weighted by Gasteiger charge is -2.22. The molecule has 19 heavy (non-hydrogen) atoms. The Labute approximate surface area is 114 Å². The van der Waals surface area contributed by atoms with Crippen LogP contribution in [0.3, 0.4) is 0 Å². The van der Waals surface area contributed by atoms with Gasteiger partial charge in [-0.15, -0.1) is 0 Å². The van der Waals surface area contributed by atoms with E-state index in [1.54, 1.807) is 19.6 Å². The molecule has 0 unspecified atom stereocenters.